The lowest BCUT2D eigenvalue weighted by Gasteiger charge is -2.12. The van der Waals surface area contributed by atoms with E-state index in [2.05, 4.69) is 168 Å². The molecule has 208 valence electrons. The van der Waals surface area contributed by atoms with Gasteiger partial charge >= 0.3 is 0 Å². The van der Waals surface area contributed by atoms with Gasteiger partial charge in [-0.15, -0.1) is 0 Å². The Morgan fingerprint density at radius 2 is 0.911 bits per heavy atom. The minimum Gasteiger partial charge on any atom is -0.309 e. The first-order chi connectivity index (χ1) is 22.3. The van der Waals surface area contributed by atoms with Crippen molar-refractivity contribution in [2.45, 2.75) is 0 Å². The minimum atomic E-state index is 1.17. The van der Waals surface area contributed by atoms with Crippen molar-refractivity contribution in [2.24, 2.45) is 0 Å². The van der Waals surface area contributed by atoms with E-state index in [1.54, 1.807) is 0 Å². The fourth-order valence-electron chi connectivity index (χ4n) is 7.67. The normalized spacial score (nSPS) is 12.0. The van der Waals surface area contributed by atoms with Crippen molar-refractivity contribution < 1.29 is 0 Å². The van der Waals surface area contributed by atoms with Gasteiger partial charge in [-0.1, -0.05) is 127 Å². The highest BCUT2D eigenvalue weighted by molar-refractivity contribution is 6.30. The summed E-state index contributed by atoms with van der Waals surface area (Å²) in [5, 5.41) is 7.82. The largest absolute Gasteiger partial charge is 0.309 e. The van der Waals surface area contributed by atoms with E-state index in [4.69, 9.17) is 0 Å². The zero-order chi connectivity index (χ0) is 29.5. The standard InChI is InChI=1S/C44H27N/c1-2-11-28(12-3-1)29-15-8-16-30(23-29)31-17-9-18-34(24-31)45-41-26-33-14-5-4-13-32(33)25-40(41)44-38-22-10-21-37-35-19-6-7-20-36(35)39(43(37)38)27-42(44)45/h1-27H. The molecule has 0 amide bonds. The molecule has 1 aliphatic carbocycles. The third-order valence-electron chi connectivity index (χ3n) is 9.67. The van der Waals surface area contributed by atoms with Crippen LogP contribution in [-0.2, 0) is 0 Å². The number of benzene rings is 8. The van der Waals surface area contributed by atoms with Crippen LogP contribution in [0.15, 0.2) is 164 Å². The molecule has 0 spiro atoms. The second-order valence-corrected chi connectivity index (χ2v) is 12.1. The van der Waals surface area contributed by atoms with Crippen LogP contribution in [0, 0.1) is 0 Å². The molecule has 0 saturated heterocycles. The average molecular weight is 570 g/mol. The van der Waals surface area contributed by atoms with E-state index in [0.29, 0.717) is 0 Å². The third kappa shape index (κ3) is 3.56. The molecular formula is C44H27N. The van der Waals surface area contributed by atoms with Crippen molar-refractivity contribution in [3.63, 3.8) is 0 Å². The zero-order valence-corrected chi connectivity index (χ0v) is 24.5. The van der Waals surface area contributed by atoms with Crippen LogP contribution in [0.25, 0.3) is 93.5 Å². The van der Waals surface area contributed by atoms with Crippen LogP contribution in [0.5, 0.6) is 0 Å². The highest BCUT2D eigenvalue weighted by Gasteiger charge is 2.25. The predicted octanol–water partition coefficient (Wildman–Crippen LogP) is 12.1. The molecule has 0 atom stereocenters. The Labute approximate surface area is 261 Å². The van der Waals surface area contributed by atoms with Crippen LogP contribution < -0.4 is 0 Å². The van der Waals surface area contributed by atoms with Crippen LogP contribution in [0.4, 0.5) is 0 Å². The first-order valence-corrected chi connectivity index (χ1v) is 15.6. The molecule has 0 aliphatic heterocycles. The zero-order valence-electron chi connectivity index (χ0n) is 24.5. The Kier molecular flexibility index (Phi) is 5.06. The quantitative estimate of drug-likeness (QED) is 0.199. The molecule has 1 aliphatic rings. The lowest BCUT2D eigenvalue weighted by Crippen LogP contribution is -1.95. The summed E-state index contributed by atoms with van der Waals surface area (Å²) in [6.45, 7) is 0. The number of nitrogens with zero attached hydrogens (tertiary/aromatic N) is 1. The summed E-state index contributed by atoms with van der Waals surface area (Å²) in [5.74, 6) is 0. The lowest BCUT2D eigenvalue weighted by molar-refractivity contribution is 1.18. The Bertz CT molecular complexity index is 2640. The molecule has 0 saturated carbocycles. The van der Waals surface area contributed by atoms with Gasteiger partial charge in [-0.3, -0.25) is 0 Å². The molecule has 0 radical (unpaired) electrons. The topological polar surface area (TPSA) is 4.93 Å². The fourth-order valence-corrected chi connectivity index (χ4v) is 7.67. The first kappa shape index (κ1) is 24.5. The second kappa shape index (κ2) is 9.29. The van der Waals surface area contributed by atoms with Crippen LogP contribution in [0.3, 0.4) is 0 Å². The average Bonchev–Trinajstić information content (AvgIpc) is 3.61. The molecule has 8 aromatic carbocycles. The van der Waals surface area contributed by atoms with Crippen molar-refractivity contribution in [1.82, 2.24) is 4.57 Å². The van der Waals surface area contributed by atoms with E-state index in [-0.39, 0.29) is 0 Å². The van der Waals surface area contributed by atoms with Crippen LogP contribution >= 0.6 is 0 Å². The van der Waals surface area contributed by atoms with Gasteiger partial charge in [0.25, 0.3) is 0 Å². The van der Waals surface area contributed by atoms with Gasteiger partial charge in [-0.2, -0.15) is 0 Å². The molecule has 45 heavy (non-hydrogen) atoms. The molecule has 1 aromatic heterocycles. The maximum atomic E-state index is 2.49. The van der Waals surface area contributed by atoms with Gasteiger partial charge in [0.05, 0.1) is 11.0 Å². The summed E-state index contributed by atoms with van der Waals surface area (Å²) in [6, 6.07) is 60.2. The summed E-state index contributed by atoms with van der Waals surface area (Å²) in [4.78, 5) is 0. The maximum Gasteiger partial charge on any atom is 0.0553 e. The summed E-state index contributed by atoms with van der Waals surface area (Å²) < 4.78 is 2.49. The van der Waals surface area contributed by atoms with Gasteiger partial charge in [-0.05, 0) is 102 Å². The monoisotopic (exact) mass is 569 g/mol. The summed E-state index contributed by atoms with van der Waals surface area (Å²) in [7, 11) is 0. The van der Waals surface area contributed by atoms with Gasteiger partial charge in [-0.25, -0.2) is 0 Å². The van der Waals surface area contributed by atoms with E-state index in [9.17, 15) is 0 Å². The van der Waals surface area contributed by atoms with E-state index in [1.807, 2.05) is 0 Å². The van der Waals surface area contributed by atoms with Gasteiger partial charge in [0.1, 0.15) is 0 Å². The number of aromatic nitrogens is 1. The van der Waals surface area contributed by atoms with Gasteiger partial charge < -0.3 is 4.57 Å². The number of hydrogen-bond donors (Lipinski definition) is 0. The molecular weight excluding hydrogens is 542 g/mol. The molecule has 0 unspecified atom stereocenters. The minimum absolute atomic E-state index is 1.17. The Morgan fingerprint density at radius 3 is 1.73 bits per heavy atom. The van der Waals surface area contributed by atoms with E-state index >= 15 is 0 Å². The second-order valence-electron chi connectivity index (χ2n) is 12.1. The van der Waals surface area contributed by atoms with Crippen molar-refractivity contribution >= 4 is 43.4 Å². The molecule has 1 heterocycles. The Morgan fingerprint density at radius 1 is 0.311 bits per heavy atom. The van der Waals surface area contributed by atoms with E-state index in [0.717, 1.165) is 0 Å². The number of hydrogen-bond acceptors (Lipinski definition) is 0. The van der Waals surface area contributed by atoms with Gasteiger partial charge in [0.15, 0.2) is 0 Å². The highest BCUT2D eigenvalue weighted by atomic mass is 15.0. The summed E-state index contributed by atoms with van der Waals surface area (Å²) >= 11 is 0. The summed E-state index contributed by atoms with van der Waals surface area (Å²) in [6.07, 6.45) is 0. The van der Waals surface area contributed by atoms with Crippen LogP contribution in [0.2, 0.25) is 0 Å². The van der Waals surface area contributed by atoms with Crippen molar-refractivity contribution in [3.8, 4) is 50.2 Å². The lowest BCUT2D eigenvalue weighted by atomic mass is 9.97. The molecule has 9 aromatic rings. The first-order valence-electron chi connectivity index (χ1n) is 15.6. The van der Waals surface area contributed by atoms with E-state index < -0.39 is 0 Å². The van der Waals surface area contributed by atoms with Crippen molar-refractivity contribution in [3.05, 3.63) is 164 Å². The SMILES string of the molecule is c1ccc(-c2cccc(-c3cccc(-n4c5cc6ccccc6cc5c5c6cccc7c6c(cc54)-c4ccccc4-7)c3)c2)cc1. The fraction of sp³-hybridized carbons (Fsp3) is 0. The molecule has 1 heteroatoms. The molecule has 0 bridgehead atoms. The summed E-state index contributed by atoms with van der Waals surface area (Å²) in [5.41, 5.74) is 13.8. The number of fused-ring (bicyclic) bond motifs is 8. The molecule has 0 fully saturated rings. The van der Waals surface area contributed by atoms with Crippen LogP contribution in [0.1, 0.15) is 0 Å². The van der Waals surface area contributed by atoms with Gasteiger partial charge in [0, 0.05) is 16.5 Å². The van der Waals surface area contributed by atoms with E-state index in [1.165, 1.54) is 93.5 Å². The Balaban J connectivity index is 1.28. The third-order valence-corrected chi connectivity index (χ3v) is 9.67. The molecule has 0 N–H and O–H groups in total. The molecule has 1 nitrogen and oxygen atoms in total. The van der Waals surface area contributed by atoms with Crippen molar-refractivity contribution in [1.29, 1.82) is 0 Å². The van der Waals surface area contributed by atoms with Gasteiger partial charge in [0.2, 0.25) is 0 Å². The maximum absolute atomic E-state index is 2.49. The smallest absolute Gasteiger partial charge is 0.0553 e. The molecule has 10 rings (SSSR count). The predicted molar refractivity (Wildman–Crippen MR) is 191 cm³/mol. The van der Waals surface area contributed by atoms with Crippen LogP contribution in [-0.4, -0.2) is 4.57 Å². The van der Waals surface area contributed by atoms with Crippen molar-refractivity contribution in [2.75, 3.05) is 0 Å². The number of rotatable bonds is 3. The Hall–Kier alpha value is -5.92. The highest BCUT2D eigenvalue weighted by Crippen LogP contribution is 2.51.